The molecule has 118 valence electrons. The molecule has 2 N–H and O–H groups in total. The van der Waals surface area contributed by atoms with Gasteiger partial charge in [-0.1, -0.05) is 13.8 Å². The number of hydrogen-bond acceptors (Lipinski definition) is 7. The van der Waals surface area contributed by atoms with Crippen LogP contribution in [0.5, 0.6) is 0 Å². The summed E-state index contributed by atoms with van der Waals surface area (Å²) in [6.07, 6.45) is 0.0919. The zero-order chi connectivity index (χ0) is 16.7. The topological polar surface area (TPSA) is 137 Å². The third-order valence-corrected chi connectivity index (χ3v) is 3.95. The highest BCUT2D eigenvalue weighted by Crippen LogP contribution is 2.29. The molecule has 0 bridgehead atoms. The zero-order valence-electron chi connectivity index (χ0n) is 12.2. The van der Waals surface area contributed by atoms with Crippen molar-refractivity contribution in [3.8, 4) is 0 Å². The third-order valence-electron chi connectivity index (χ3n) is 3.95. The summed E-state index contributed by atoms with van der Waals surface area (Å²) in [5.41, 5.74) is -1.81. The molecule has 22 heavy (non-hydrogen) atoms. The largest absolute Gasteiger partial charge is 0.545 e. The number of nitro groups is 1. The first kappa shape index (κ1) is 15.8. The maximum Gasteiger partial charge on any atom is 0.288 e. The number of carboxylic acid groups (broad SMARTS) is 1. The maximum absolute atomic E-state index is 12.1. The molecule has 0 spiro atoms. The second-order valence-corrected chi connectivity index (χ2v) is 5.58. The van der Waals surface area contributed by atoms with E-state index in [0.717, 1.165) is 12.3 Å². The number of carbonyl (C=O) groups excluding carboxylic acids is 2. The van der Waals surface area contributed by atoms with Crippen LogP contribution in [-0.4, -0.2) is 27.3 Å². The Labute approximate surface area is 125 Å². The molecule has 2 atom stereocenters. The van der Waals surface area contributed by atoms with Crippen LogP contribution in [0.15, 0.2) is 12.3 Å². The van der Waals surface area contributed by atoms with E-state index in [9.17, 15) is 24.8 Å². The van der Waals surface area contributed by atoms with Crippen molar-refractivity contribution in [3.63, 3.8) is 0 Å². The molecular weight excluding hydrogens is 292 g/mol. The molecule has 1 aliphatic heterocycles. The van der Waals surface area contributed by atoms with Gasteiger partial charge in [0.15, 0.2) is 0 Å². The molecule has 0 radical (unpaired) electrons. The molecular formula is C13H15N4O5-. The Morgan fingerprint density at radius 1 is 1.50 bits per heavy atom. The fourth-order valence-electron chi connectivity index (χ4n) is 2.21. The number of pyridine rings is 1. The lowest BCUT2D eigenvalue weighted by molar-refractivity contribution is -0.385. The van der Waals surface area contributed by atoms with Crippen molar-refractivity contribution in [1.82, 2.24) is 15.6 Å². The summed E-state index contributed by atoms with van der Waals surface area (Å²) >= 11 is 0. The second kappa shape index (κ2) is 5.34. The molecule has 2 rings (SSSR count). The molecule has 9 heteroatoms. The van der Waals surface area contributed by atoms with Crippen molar-refractivity contribution in [2.45, 2.75) is 32.5 Å². The average Bonchev–Trinajstić information content (AvgIpc) is 2.75. The molecule has 0 aliphatic carbocycles. The fraction of sp³-hybridized carbons (Fsp3) is 0.462. The predicted molar refractivity (Wildman–Crippen MR) is 72.5 cm³/mol. The highest BCUT2D eigenvalue weighted by Gasteiger charge is 2.46. The van der Waals surface area contributed by atoms with E-state index in [2.05, 4.69) is 15.6 Å². The Morgan fingerprint density at radius 3 is 2.59 bits per heavy atom. The molecule has 2 heterocycles. The quantitative estimate of drug-likeness (QED) is 0.564. The fourth-order valence-corrected chi connectivity index (χ4v) is 2.21. The highest BCUT2D eigenvalue weighted by molar-refractivity contribution is 5.91. The highest BCUT2D eigenvalue weighted by atomic mass is 16.6. The lowest BCUT2D eigenvalue weighted by Gasteiger charge is -2.26. The van der Waals surface area contributed by atoms with Gasteiger partial charge in [-0.15, -0.1) is 0 Å². The Kier molecular flexibility index (Phi) is 3.84. The van der Waals surface area contributed by atoms with Crippen LogP contribution in [0, 0.1) is 16.0 Å². The molecule has 1 aromatic heterocycles. The van der Waals surface area contributed by atoms with Crippen LogP contribution in [-0.2, 0) is 4.79 Å². The normalized spacial score (nSPS) is 24.4. The van der Waals surface area contributed by atoms with Crippen molar-refractivity contribution < 1.29 is 19.6 Å². The summed E-state index contributed by atoms with van der Waals surface area (Å²) in [4.78, 5) is 37.1. The van der Waals surface area contributed by atoms with Gasteiger partial charge in [-0.25, -0.2) is 4.98 Å². The van der Waals surface area contributed by atoms with Crippen LogP contribution in [0.4, 0.5) is 5.69 Å². The molecule has 1 amide bonds. The van der Waals surface area contributed by atoms with Crippen LogP contribution >= 0.6 is 0 Å². The number of nitrogens with zero attached hydrogens (tertiary/aromatic N) is 2. The number of rotatable bonds is 4. The molecule has 9 nitrogen and oxygen atoms in total. The Bertz CT molecular complexity index is 660. The van der Waals surface area contributed by atoms with Gasteiger partial charge in [-0.05, 0) is 12.8 Å². The van der Waals surface area contributed by atoms with Gasteiger partial charge >= 0.3 is 0 Å². The smallest absolute Gasteiger partial charge is 0.288 e. The lowest BCUT2D eigenvalue weighted by atomic mass is 9.89. The summed E-state index contributed by atoms with van der Waals surface area (Å²) < 4.78 is 0. The summed E-state index contributed by atoms with van der Waals surface area (Å²) in [7, 11) is 0. The average molecular weight is 307 g/mol. The monoisotopic (exact) mass is 307 g/mol. The minimum atomic E-state index is -1.60. The first-order chi connectivity index (χ1) is 10.2. The van der Waals surface area contributed by atoms with E-state index in [4.69, 9.17) is 0 Å². The zero-order valence-corrected chi connectivity index (χ0v) is 12.2. The molecule has 1 aromatic rings. The Morgan fingerprint density at radius 2 is 2.14 bits per heavy atom. The second-order valence-electron chi connectivity index (χ2n) is 5.58. The van der Waals surface area contributed by atoms with Gasteiger partial charge in [0.1, 0.15) is 12.4 Å². The number of amides is 1. The van der Waals surface area contributed by atoms with E-state index in [1.807, 2.05) is 13.8 Å². The minimum Gasteiger partial charge on any atom is -0.545 e. The van der Waals surface area contributed by atoms with Crippen LogP contribution in [0.3, 0.4) is 0 Å². The van der Waals surface area contributed by atoms with Crippen LogP contribution in [0.2, 0.25) is 0 Å². The van der Waals surface area contributed by atoms with E-state index < -0.39 is 33.8 Å². The first-order valence-corrected chi connectivity index (χ1v) is 6.61. The third kappa shape index (κ3) is 2.50. The number of aromatic carboxylic acids is 1. The van der Waals surface area contributed by atoms with Gasteiger partial charge in [0.25, 0.3) is 5.69 Å². The van der Waals surface area contributed by atoms with E-state index in [1.165, 1.54) is 0 Å². The van der Waals surface area contributed by atoms with Crippen molar-refractivity contribution in [2.24, 2.45) is 5.92 Å². The molecule has 0 saturated carbocycles. The number of carbonyl (C=O) groups is 2. The molecule has 1 fully saturated rings. The van der Waals surface area contributed by atoms with Gasteiger partial charge in [-0.3, -0.25) is 20.2 Å². The van der Waals surface area contributed by atoms with Crippen molar-refractivity contribution >= 4 is 17.6 Å². The Hall–Kier alpha value is -2.55. The van der Waals surface area contributed by atoms with Gasteiger partial charge < -0.3 is 15.2 Å². The SMILES string of the molecule is CC(C)C1(C)NC(c2ncc([N+](=O)[O-])cc2C(=O)[O-])NC1=O. The van der Waals surface area contributed by atoms with Crippen LogP contribution in [0.1, 0.15) is 43.0 Å². The van der Waals surface area contributed by atoms with E-state index in [1.54, 1.807) is 6.92 Å². The molecule has 1 aliphatic rings. The number of nitrogens with one attached hydrogen (secondary N) is 2. The van der Waals surface area contributed by atoms with Gasteiger partial charge in [0.2, 0.25) is 5.91 Å². The van der Waals surface area contributed by atoms with E-state index in [-0.39, 0.29) is 17.5 Å². The summed E-state index contributed by atoms with van der Waals surface area (Å²) in [6, 6.07) is 0.872. The lowest BCUT2D eigenvalue weighted by Crippen LogP contribution is -2.48. The van der Waals surface area contributed by atoms with Gasteiger partial charge in [-0.2, -0.15) is 0 Å². The van der Waals surface area contributed by atoms with Crippen molar-refractivity contribution in [3.05, 3.63) is 33.6 Å². The maximum atomic E-state index is 12.1. The van der Waals surface area contributed by atoms with Gasteiger partial charge in [0, 0.05) is 11.6 Å². The summed E-state index contributed by atoms with van der Waals surface area (Å²) in [6.45, 7) is 5.38. The van der Waals surface area contributed by atoms with Gasteiger partial charge in [0.05, 0.1) is 22.1 Å². The summed E-state index contributed by atoms with van der Waals surface area (Å²) in [5, 5.41) is 27.5. The number of carboxylic acids is 1. The van der Waals surface area contributed by atoms with E-state index in [0.29, 0.717) is 0 Å². The van der Waals surface area contributed by atoms with Crippen LogP contribution in [0.25, 0.3) is 0 Å². The van der Waals surface area contributed by atoms with Crippen molar-refractivity contribution in [1.29, 1.82) is 0 Å². The molecule has 0 aromatic carbocycles. The molecule has 1 saturated heterocycles. The Balaban J connectivity index is 2.44. The predicted octanol–water partition coefficient (Wildman–Crippen LogP) is -0.514. The first-order valence-electron chi connectivity index (χ1n) is 6.61. The van der Waals surface area contributed by atoms with E-state index >= 15 is 0 Å². The minimum absolute atomic E-state index is 0.0247. The number of hydrogen-bond donors (Lipinski definition) is 2. The molecule has 2 unspecified atom stereocenters. The summed E-state index contributed by atoms with van der Waals surface area (Å²) in [5.74, 6) is -1.95. The standard InChI is InChI=1S/C13H16N4O5/c1-6(2)13(3)12(20)15-10(16-13)9-8(11(18)19)4-7(5-14-9)17(21)22/h4-6,10,16H,1-3H3,(H,15,20)(H,18,19)/p-1. The van der Waals surface area contributed by atoms with Crippen LogP contribution < -0.4 is 15.7 Å². The van der Waals surface area contributed by atoms with Crippen molar-refractivity contribution in [2.75, 3.05) is 0 Å². The number of aromatic nitrogens is 1.